The summed E-state index contributed by atoms with van der Waals surface area (Å²) in [4.78, 5) is 27.4. The molecule has 1 aliphatic heterocycles. The van der Waals surface area contributed by atoms with Crippen LogP contribution < -0.4 is 4.90 Å². The number of anilines is 1. The molecule has 0 aliphatic carbocycles. The number of hydrogen-bond donors (Lipinski definition) is 0. The fourth-order valence-electron chi connectivity index (χ4n) is 3.38. The second-order valence-electron chi connectivity index (χ2n) is 6.42. The second kappa shape index (κ2) is 6.93. The molecule has 2 aromatic carbocycles. The first-order valence-corrected chi connectivity index (χ1v) is 8.30. The SMILES string of the molecule is CN(C)c1ccc(C(=O)N2CCCC2c2ccccc2)cc1[N+](=O)[O-]. The third kappa shape index (κ3) is 3.33. The summed E-state index contributed by atoms with van der Waals surface area (Å²) in [5.41, 5.74) is 1.90. The zero-order chi connectivity index (χ0) is 18.0. The zero-order valence-corrected chi connectivity index (χ0v) is 14.4. The van der Waals surface area contributed by atoms with Gasteiger partial charge in [-0.2, -0.15) is 0 Å². The van der Waals surface area contributed by atoms with Crippen molar-refractivity contribution in [2.45, 2.75) is 18.9 Å². The number of amides is 1. The molecule has 25 heavy (non-hydrogen) atoms. The lowest BCUT2D eigenvalue weighted by Crippen LogP contribution is -2.30. The first-order chi connectivity index (χ1) is 12.0. The second-order valence-corrected chi connectivity index (χ2v) is 6.42. The van der Waals surface area contributed by atoms with E-state index in [-0.39, 0.29) is 17.6 Å². The predicted molar refractivity (Wildman–Crippen MR) is 96.9 cm³/mol. The molecule has 0 aromatic heterocycles. The molecule has 2 aromatic rings. The van der Waals surface area contributed by atoms with Gasteiger partial charge in [-0.1, -0.05) is 30.3 Å². The summed E-state index contributed by atoms with van der Waals surface area (Å²) in [6, 6.07) is 14.7. The number of carbonyl (C=O) groups is 1. The summed E-state index contributed by atoms with van der Waals surface area (Å²) >= 11 is 0. The molecular formula is C19H21N3O3. The molecule has 1 atom stereocenters. The summed E-state index contributed by atoms with van der Waals surface area (Å²) in [7, 11) is 3.49. The number of rotatable bonds is 4. The average Bonchev–Trinajstić information content (AvgIpc) is 3.11. The van der Waals surface area contributed by atoms with E-state index in [0.29, 0.717) is 17.8 Å². The fraction of sp³-hybridized carbons (Fsp3) is 0.316. The van der Waals surface area contributed by atoms with E-state index in [9.17, 15) is 14.9 Å². The van der Waals surface area contributed by atoms with Crippen LogP contribution in [0.3, 0.4) is 0 Å². The molecule has 0 spiro atoms. The average molecular weight is 339 g/mol. The van der Waals surface area contributed by atoms with E-state index in [0.717, 1.165) is 18.4 Å². The Labute approximate surface area is 146 Å². The van der Waals surface area contributed by atoms with E-state index >= 15 is 0 Å². The van der Waals surface area contributed by atoms with Crippen LogP contribution in [0.4, 0.5) is 11.4 Å². The van der Waals surface area contributed by atoms with Gasteiger partial charge in [0.2, 0.25) is 0 Å². The molecule has 0 bridgehead atoms. The van der Waals surface area contributed by atoms with Crippen LogP contribution in [0.2, 0.25) is 0 Å². The van der Waals surface area contributed by atoms with Crippen molar-refractivity contribution in [2.75, 3.05) is 25.5 Å². The van der Waals surface area contributed by atoms with E-state index < -0.39 is 4.92 Å². The van der Waals surface area contributed by atoms with E-state index in [1.807, 2.05) is 35.2 Å². The van der Waals surface area contributed by atoms with Crippen molar-refractivity contribution in [3.05, 3.63) is 69.8 Å². The Hall–Kier alpha value is -2.89. The van der Waals surface area contributed by atoms with Crippen molar-refractivity contribution >= 4 is 17.3 Å². The largest absolute Gasteiger partial charge is 0.372 e. The van der Waals surface area contributed by atoms with E-state index in [4.69, 9.17) is 0 Å². The van der Waals surface area contributed by atoms with Crippen LogP contribution >= 0.6 is 0 Å². The van der Waals surface area contributed by atoms with Crippen molar-refractivity contribution in [1.82, 2.24) is 4.90 Å². The van der Waals surface area contributed by atoms with Gasteiger partial charge in [0.25, 0.3) is 11.6 Å². The van der Waals surface area contributed by atoms with E-state index in [1.54, 1.807) is 31.1 Å². The summed E-state index contributed by atoms with van der Waals surface area (Å²) in [5, 5.41) is 11.4. The summed E-state index contributed by atoms with van der Waals surface area (Å²) < 4.78 is 0. The van der Waals surface area contributed by atoms with E-state index in [2.05, 4.69) is 0 Å². The highest BCUT2D eigenvalue weighted by Crippen LogP contribution is 2.34. The monoisotopic (exact) mass is 339 g/mol. The van der Waals surface area contributed by atoms with Crippen molar-refractivity contribution < 1.29 is 9.72 Å². The van der Waals surface area contributed by atoms with Crippen LogP contribution in [0.1, 0.15) is 34.8 Å². The molecule has 1 heterocycles. The number of carbonyl (C=O) groups excluding carboxylic acids is 1. The molecule has 130 valence electrons. The van der Waals surface area contributed by atoms with Gasteiger partial charge in [-0.15, -0.1) is 0 Å². The lowest BCUT2D eigenvalue weighted by Gasteiger charge is -2.25. The Balaban J connectivity index is 1.92. The van der Waals surface area contributed by atoms with Gasteiger partial charge in [0, 0.05) is 32.3 Å². The van der Waals surface area contributed by atoms with Gasteiger partial charge in [-0.25, -0.2) is 0 Å². The maximum absolute atomic E-state index is 13.0. The predicted octanol–water partition coefficient (Wildman–Crippen LogP) is 3.64. The standard InChI is InChI=1S/C19H21N3O3/c1-20(2)17-11-10-15(13-18(17)22(24)25)19(23)21-12-6-9-16(21)14-7-4-3-5-8-14/h3-5,7-8,10-11,13,16H,6,9,12H2,1-2H3. The van der Waals surface area contributed by atoms with Crippen LogP contribution in [-0.2, 0) is 0 Å². The third-order valence-corrected chi connectivity index (χ3v) is 4.60. The maximum atomic E-state index is 13.0. The highest BCUT2D eigenvalue weighted by Gasteiger charge is 2.31. The quantitative estimate of drug-likeness (QED) is 0.630. The van der Waals surface area contributed by atoms with Gasteiger partial charge in [0.15, 0.2) is 0 Å². The molecule has 0 radical (unpaired) electrons. The highest BCUT2D eigenvalue weighted by molar-refractivity contribution is 5.96. The highest BCUT2D eigenvalue weighted by atomic mass is 16.6. The Kier molecular flexibility index (Phi) is 4.70. The van der Waals surface area contributed by atoms with Gasteiger partial charge in [-0.3, -0.25) is 14.9 Å². The lowest BCUT2D eigenvalue weighted by atomic mass is 10.0. The molecule has 1 unspecified atom stereocenters. The number of nitro groups is 1. The first kappa shape index (κ1) is 17.0. The van der Waals surface area contributed by atoms with Crippen molar-refractivity contribution in [3.8, 4) is 0 Å². The molecule has 6 heteroatoms. The van der Waals surface area contributed by atoms with E-state index in [1.165, 1.54) is 6.07 Å². The zero-order valence-electron chi connectivity index (χ0n) is 14.4. The number of hydrogen-bond acceptors (Lipinski definition) is 4. The maximum Gasteiger partial charge on any atom is 0.293 e. The summed E-state index contributed by atoms with van der Waals surface area (Å²) in [5.74, 6) is -0.153. The Morgan fingerprint density at radius 2 is 1.92 bits per heavy atom. The minimum Gasteiger partial charge on any atom is -0.372 e. The summed E-state index contributed by atoms with van der Waals surface area (Å²) in [6.07, 6.45) is 1.84. The van der Waals surface area contributed by atoms with Crippen molar-refractivity contribution in [1.29, 1.82) is 0 Å². The fourth-order valence-corrected chi connectivity index (χ4v) is 3.38. The minimum absolute atomic E-state index is 0.0290. The van der Waals surface area contributed by atoms with Crippen molar-refractivity contribution in [2.24, 2.45) is 0 Å². The number of likely N-dealkylation sites (tertiary alicyclic amines) is 1. The van der Waals surface area contributed by atoms with Crippen LogP contribution in [0, 0.1) is 10.1 Å². The van der Waals surface area contributed by atoms with Gasteiger partial charge >= 0.3 is 0 Å². The third-order valence-electron chi connectivity index (χ3n) is 4.60. The molecule has 3 rings (SSSR count). The Bertz CT molecular complexity index is 790. The Morgan fingerprint density at radius 3 is 2.56 bits per heavy atom. The molecule has 1 amide bonds. The molecule has 1 saturated heterocycles. The number of nitrogens with zero attached hydrogens (tertiary/aromatic N) is 3. The Morgan fingerprint density at radius 1 is 1.20 bits per heavy atom. The molecular weight excluding hydrogens is 318 g/mol. The topological polar surface area (TPSA) is 66.7 Å². The van der Waals surface area contributed by atoms with Gasteiger partial charge < -0.3 is 9.80 Å². The van der Waals surface area contributed by atoms with Gasteiger partial charge in [-0.05, 0) is 30.5 Å². The minimum atomic E-state index is -0.440. The molecule has 0 N–H and O–H groups in total. The van der Waals surface area contributed by atoms with Crippen LogP contribution in [0.15, 0.2) is 48.5 Å². The normalized spacial score (nSPS) is 16.7. The van der Waals surface area contributed by atoms with Crippen LogP contribution in [0.5, 0.6) is 0 Å². The van der Waals surface area contributed by atoms with Crippen LogP contribution in [-0.4, -0.2) is 36.4 Å². The van der Waals surface area contributed by atoms with Gasteiger partial charge in [0.05, 0.1) is 11.0 Å². The molecule has 0 saturated carbocycles. The molecule has 6 nitrogen and oxygen atoms in total. The smallest absolute Gasteiger partial charge is 0.293 e. The summed E-state index contributed by atoms with van der Waals surface area (Å²) in [6.45, 7) is 0.668. The van der Waals surface area contributed by atoms with Gasteiger partial charge in [0.1, 0.15) is 5.69 Å². The number of benzene rings is 2. The molecule has 1 fully saturated rings. The number of nitro benzene ring substituents is 1. The van der Waals surface area contributed by atoms with Crippen LogP contribution in [0.25, 0.3) is 0 Å². The van der Waals surface area contributed by atoms with Crippen molar-refractivity contribution in [3.63, 3.8) is 0 Å². The lowest BCUT2D eigenvalue weighted by molar-refractivity contribution is -0.384. The molecule has 1 aliphatic rings. The first-order valence-electron chi connectivity index (χ1n) is 8.30.